The molecule has 2 aliphatic heterocycles. The van der Waals surface area contributed by atoms with E-state index in [0.29, 0.717) is 12.1 Å². The maximum Gasteiger partial charge on any atom is 0.103 e. The van der Waals surface area contributed by atoms with Crippen LogP contribution in [0.4, 0.5) is 0 Å². The van der Waals surface area contributed by atoms with Crippen LogP contribution in [0.5, 0.6) is 0 Å². The van der Waals surface area contributed by atoms with Gasteiger partial charge in [0.05, 0.1) is 16.4 Å². The first-order chi connectivity index (χ1) is 12.3. The van der Waals surface area contributed by atoms with Crippen molar-refractivity contribution in [2.75, 3.05) is 26.7 Å². The lowest BCUT2D eigenvalue weighted by atomic mass is 9.88. The van der Waals surface area contributed by atoms with Gasteiger partial charge in [-0.05, 0) is 56.2 Å². The molecule has 0 N–H and O–H groups in total. The van der Waals surface area contributed by atoms with Gasteiger partial charge in [-0.1, -0.05) is 36.4 Å². The van der Waals surface area contributed by atoms with E-state index in [1.807, 2.05) is 11.3 Å². The molecular weight excluding hydrogens is 326 g/mol. The fourth-order valence-electron chi connectivity index (χ4n) is 4.50. The molecule has 25 heavy (non-hydrogen) atoms. The lowest BCUT2D eigenvalue weighted by Crippen LogP contribution is -2.44. The number of hydrogen-bond donors (Lipinski definition) is 0. The average Bonchev–Trinajstić information content (AvgIpc) is 3.30. The second kappa shape index (κ2) is 6.20. The molecule has 1 saturated heterocycles. The van der Waals surface area contributed by atoms with E-state index < -0.39 is 0 Å². The molecule has 2 unspecified atom stereocenters. The molecule has 3 nitrogen and oxygen atoms in total. The van der Waals surface area contributed by atoms with Crippen molar-refractivity contribution < 1.29 is 0 Å². The molecule has 3 heterocycles. The monoisotopic (exact) mass is 349 g/mol. The van der Waals surface area contributed by atoms with E-state index in [2.05, 4.69) is 65.4 Å². The predicted molar refractivity (Wildman–Crippen MR) is 104 cm³/mol. The van der Waals surface area contributed by atoms with Crippen LogP contribution in [0.3, 0.4) is 0 Å². The van der Waals surface area contributed by atoms with Crippen molar-refractivity contribution in [2.24, 2.45) is 0 Å². The van der Waals surface area contributed by atoms with Gasteiger partial charge >= 0.3 is 0 Å². The van der Waals surface area contributed by atoms with Crippen LogP contribution in [0.25, 0.3) is 10.2 Å². The largest absolute Gasteiger partial charge is 0.286 e. The molecule has 0 saturated carbocycles. The third-order valence-electron chi connectivity index (χ3n) is 5.63. The van der Waals surface area contributed by atoms with Gasteiger partial charge in [0.2, 0.25) is 0 Å². The van der Waals surface area contributed by atoms with Gasteiger partial charge in [-0.15, -0.1) is 11.3 Å². The number of rotatable bonds is 2. The molecule has 128 valence electrons. The molecule has 4 heteroatoms. The Hall–Kier alpha value is -1.75. The number of benzene rings is 2. The van der Waals surface area contributed by atoms with E-state index >= 15 is 0 Å². The molecule has 0 bridgehead atoms. The molecule has 0 amide bonds. The molecule has 2 aliphatic rings. The third kappa shape index (κ3) is 2.60. The minimum absolute atomic E-state index is 0.373. The van der Waals surface area contributed by atoms with Gasteiger partial charge in [-0.25, -0.2) is 4.98 Å². The number of thiazole rings is 1. The Morgan fingerprint density at radius 1 is 0.960 bits per heavy atom. The average molecular weight is 350 g/mol. The first kappa shape index (κ1) is 15.5. The minimum atomic E-state index is 0.373. The summed E-state index contributed by atoms with van der Waals surface area (Å²) in [5.41, 5.74) is 4.07. The van der Waals surface area contributed by atoms with Crippen molar-refractivity contribution in [1.82, 2.24) is 14.8 Å². The Labute approximate surface area is 152 Å². The Balaban J connectivity index is 1.59. The summed E-state index contributed by atoms with van der Waals surface area (Å²) in [6.45, 7) is 3.47. The van der Waals surface area contributed by atoms with Crippen LogP contribution >= 0.6 is 11.3 Å². The number of likely N-dealkylation sites (N-methyl/N-ethyl adjacent to an activating group) is 1. The molecule has 1 aromatic heterocycles. The summed E-state index contributed by atoms with van der Waals surface area (Å²) in [5, 5.41) is 1.25. The summed E-state index contributed by atoms with van der Waals surface area (Å²) in [6.07, 6.45) is 3.08. The summed E-state index contributed by atoms with van der Waals surface area (Å²) in [4.78, 5) is 10.1. The van der Waals surface area contributed by atoms with E-state index in [-0.39, 0.29) is 0 Å². The molecular formula is C21H23N3S. The molecule has 3 aromatic rings. The fraction of sp³-hybridized carbons (Fsp3) is 0.381. The Morgan fingerprint density at radius 3 is 2.48 bits per heavy atom. The van der Waals surface area contributed by atoms with Crippen LogP contribution < -0.4 is 0 Å². The van der Waals surface area contributed by atoms with Crippen molar-refractivity contribution in [3.63, 3.8) is 0 Å². The third-order valence-corrected chi connectivity index (χ3v) is 6.78. The van der Waals surface area contributed by atoms with Crippen LogP contribution in [0.1, 0.15) is 41.1 Å². The number of hydrogen-bond acceptors (Lipinski definition) is 4. The van der Waals surface area contributed by atoms with Crippen LogP contribution in [0.2, 0.25) is 0 Å². The van der Waals surface area contributed by atoms with Crippen LogP contribution in [-0.2, 0) is 0 Å². The number of fused-ring (bicyclic) bond motifs is 2. The lowest BCUT2D eigenvalue weighted by molar-refractivity contribution is 0.0669. The zero-order valence-electron chi connectivity index (χ0n) is 14.6. The molecule has 2 aromatic carbocycles. The van der Waals surface area contributed by atoms with E-state index in [4.69, 9.17) is 4.98 Å². The van der Waals surface area contributed by atoms with Crippen LogP contribution in [-0.4, -0.2) is 41.5 Å². The van der Waals surface area contributed by atoms with Crippen LogP contribution in [0, 0.1) is 0 Å². The number of nitrogens with zero attached hydrogens (tertiary/aromatic N) is 3. The lowest BCUT2D eigenvalue weighted by Gasteiger charge is -2.43. The predicted octanol–water partition coefficient (Wildman–Crippen LogP) is 4.47. The highest BCUT2D eigenvalue weighted by atomic mass is 32.1. The molecule has 0 aliphatic carbocycles. The first-order valence-corrected chi connectivity index (χ1v) is 10.0. The molecule has 2 atom stereocenters. The zero-order chi connectivity index (χ0) is 16.8. The van der Waals surface area contributed by atoms with Gasteiger partial charge in [-0.3, -0.25) is 9.80 Å². The Bertz CT molecular complexity index is 864. The summed E-state index contributed by atoms with van der Waals surface area (Å²) >= 11 is 1.85. The van der Waals surface area contributed by atoms with Crippen molar-refractivity contribution in [2.45, 2.75) is 24.9 Å². The Kier molecular flexibility index (Phi) is 3.85. The van der Waals surface area contributed by atoms with Crippen molar-refractivity contribution in [1.29, 1.82) is 0 Å². The minimum Gasteiger partial charge on any atom is -0.286 e. The maximum absolute atomic E-state index is 4.97. The summed E-state index contributed by atoms with van der Waals surface area (Å²) in [7, 11) is 2.28. The van der Waals surface area contributed by atoms with Gasteiger partial charge < -0.3 is 0 Å². The van der Waals surface area contributed by atoms with Gasteiger partial charge in [0.1, 0.15) is 5.01 Å². The fourth-order valence-corrected chi connectivity index (χ4v) is 5.58. The van der Waals surface area contributed by atoms with Gasteiger partial charge in [0.25, 0.3) is 0 Å². The topological polar surface area (TPSA) is 19.4 Å². The van der Waals surface area contributed by atoms with E-state index in [1.54, 1.807) is 0 Å². The van der Waals surface area contributed by atoms with Gasteiger partial charge in [0.15, 0.2) is 0 Å². The summed E-state index contributed by atoms with van der Waals surface area (Å²) in [5.74, 6) is 0.373. The molecule has 5 rings (SSSR count). The van der Waals surface area contributed by atoms with E-state index in [9.17, 15) is 0 Å². The van der Waals surface area contributed by atoms with Crippen molar-refractivity contribution >= 4 is 21.6 Å². The second-order valence-electron chi connectivity index (χ2n) is 7.26. The summed E-state index contributed by atoms with van der Waals surface area (Å²) < 4.78 is 1.29. The smallest absolute Gasteiger partial charge is 0.103 e. The normalized spacial score (nSPS) is 24.7. The molecule has 0 radical (unpaired) electrons. The van der Waals surface area contributed by atoms with Crippen molar-refractivity contribution in [3.05, 3.63) is 64.7 Å². The highest BCUT2D eigenvalue weighted by molar-refractivity contribution is 7.18. The number of likely N-dealkylation sites (tertiary alicyclic amines) is 1. The number of aromatic nitrogens is 1. The molecule has 1 fully saturated rings. The standard InChI is InChI=1S/C21H23N3S/c1-23-14-17(20-22-18-10-4-5-11-19(18)25-20)15-8-2-3-9-16(15)21(23)24-12-6-7-13-24/h2-5,8-11,17,21H,6-7,12-14H2,1H3. The highest BCUT2D eigenvalue weighted by Gasteiger charge is 2.36. The first-order valence-electron chi connectivity index (χ1n) is 9.20. The van der Waals surface area contributed by atoms with Gasteiger partial charge in [0, 0.05) is 12.5 Å². The zero-order valence-corrected chi connectivity index (χ0v) is 15.4. The van der Waals surface area contributed by atoms with Gasteiger partial charge in [-0.2, -0.15) is 0 Å². The Morgan fingerprint density at radius 2 is 1.68 bits per heavy atom. The van der Waals surface area contributed by atoms with Crippen molar-refractivity contribution in [3.8, 4) is 0 Å². The highest BCUT2D eigenvalue weighted by Crippen LogP contribution is 2.42. The maximum atomic E-state index is 4.97. The number of para-hydroxylation sites is 1. The summed E-state index contributed by atoms with van der Waals surface area (Å²) in [6, 6.07) is 17.5. The quantitative estimate of drug-likeness (QED) is 0.680. The van der Waals surface area contributed by atoms with E-state index in [0.717, 1.165) is 12.1 Å². The van der Waals surface area contributed by atoms with Crippen LogP contribution in [0.15, 0.2) is 48.5 Å². The molecule has 0 spiro atoms. The van der Waals surface area contributed by atoms with E-state index in [1.165, 1.54) is 46.8 Å². The second-order valence-corrected chi connectivity index (χ2v) is 8.32. The SMILES string of the molecule is CN1CC(c2nc3ccccc3s2)c2ccccc2C1N1CCCC1.